The minimum Gasteiger partial charge on any atom is -0.482 e. The predicted molar refractivity (Wildman–Crippen MR) is 74.7 cm³/mol. The van der Waals surface area contributed by atoms with Crippen LogP contribution in [0.15, 0.2) is 23.1 Å². The van der Waals surface area contributed by atoms with Crippen molar-refractivity contribution >= 4 is 21.6 Å². The van der Waals surface area contributed by atoms with Gasteiger partial charge in [-0.1, -0.05) is 0 Å². The van der Waals surface area contributed by atoms with Crippen LogP contribution in [0.3, 0.4) is 0 Å². The average Bonchev–Trinajstić information content (AvgIpc) is 2.98. The molecule has 2 aliphatic heterocycles. The normalized spacial score (nSPS) is 21.5. The van der Waals surface area contributed by atoms with Crippen LogP contribution in [0.2, 0.25) is 0 Å². The fourth-order valence-electron chi connectivity index (χ4n) is 2.32. The summed E-state index contributed by atoms with van der Waals surface area (Å²) in [6, 6.07) is 4.38. The van der Waals surface area contributed by atoms with Crippen molar-refractivity contribution in [2.75, 3.05) is 25.1 Å². The van der Waals surface area contributed by atoms with Gasteiger partial charge in [-0.15, -0.1) is 0 Å². The third kappa shape index (κ3) is 3.17. The van der Waals surface area contributed by atoms with Crippen molar-refractivity contribution in [2.45, 2.75) is 23.8 Å². The van der Waals surface area contributed by atoms with Crippen LogP contribution in [0.25, 0.3) is 0 Å². The molecule has 0 aromatic heterocycles. The van der Waals surface area contributed by atoms with Crippen LogP contribution in [0.5, 0.6) is 5.75 Å². The Bertz CT molecular complexity index is 653. The third-order valence-corrected chi connectivity index (χ3v) is 4.84. The van der Waals surface area contributed by atoms with E-state index in [2.05, 4.69) is 10.0 Å². The number of rotatable bonds is 4. The lowest BCUT2D eigenvalue weighted by atomic mass is 10.2. The topological polar surface area (TPSA) is 93.7 Å². The Kier molecular flexibility index (Phi) is 3.83. The van der Waals surface area contributed by atoms with Crippen LogP contribution in [0.1, 0.15) is 12.8 Å². The second-order valence-electron chi connectivity index (χ2n) is 4.98. The van der Waals surface area contributed by atoms with Crippen molar-refractivity contribution in [1.82, 2.24) is 4.72 Å². The lowest BCUT2D eigenvalue weighted by Crippen LogP contribution is -2.32. The van der Waals surface area contributed by atoms with Crippen LogP contribution in [-0.4, -0.2) is 40.2 Å². The Morgan fingerprint density at radius 3 is 3.00 bits per heavy atom. The minimum absolute atomic E-state index is 0.0592. The van der Waals surface area contributed by atoms with Crippen LogP contribution >= 0.6 is 0 Å². The van der Waals surface area contributed by atoms with Crippen molar-refractivity contribution in [2.24, 2.45) is 0 Å². The largest absolute Gasteiger partial charge is 0.482 e. The van der Waals surface area contributed by atoms with Gasteiger partial charge in [-0.25, -0.2) is 13.1 Å². The van der Waals surface area contributed by atoms with Crippen molar-refractivity contribution in [1.29, 1.82) is 0 Å². The molecule has 0 saturated carbocycles. The van der Waals surface area contributed by atoms with Gasteiger partial charge in [0.05, 0.1) is 16.7 Å². The Labute approximate surface area is 122 Å². The first kappa shape index (κ1) is 14.3. The lowest BCUT2D eigenvalue weighted by Gasteiger charge is -2.19. The summed E-state index contributed by atoms with van der Waals surface area (Å²) in [4.78, 5) is 11.4. The second-order valence-corrected chi connectivity index (χ2v) is 6.75. The molecule has 0 spiro atoms. The van der Waals surface area contributed by atoms with E-state index in [1.54, 1.807) is 0 Å². The molecule has 1 atom stereocenters. The van der Waals surface area contributed by atoms with Gasteiger partial charge in [0, 0.05) is 13.2 Å². The van der Waals surface area contributed by atoms with Gasteiger partial charge in [-0.3, -0.25) is 4.79 Å². The molecule has 2 aliphatic rings. The van der Waals surface area contributed by atoms with Crippen LogP contribution in [0, 0.1) is 0 Å². The van der Waals surface area contributed by atoms with Crippen molar-refractivity contribution < 1.29 is 22.7 Å². The highest BCUT2D eigenvalue weighted by Crippen LogP contribution is 2.30. The quantitative estimate of drug-likeness (QED) is 0.843. The van der Waals surface area contributed by atoms with Gasteiger partial charge in [-0.2, -0.15) is 0 Å². The lowest BCUT2D eigenvalue weighted by molar-refractivity contribution is -0.118. The molecule has 1 saturated heterocycles. The molecular formula is C13H16N2O5S. The van der Waals surface area contributed by atoms with Crippen molar-refractivity contribution in [3.63, 3.8) is 0 Å². The molecular weight excluding hydrogens is 296 g/mol. The summed E-state index contributed by atoms with van der Waals surface area (Å²) < 4.78 is 37.6. The number of anilines is 1. The molecule has 1 fully saturated rings. The number of hydrogen-bond acceptors (Lipinski definition) is 5. The Morgan fingerprint density at radius 1 is 1.38 bits per heavy atom. The molecule has 0 bridgehead atoms. The molecule has 1 aromatic rings. The number of sulfonamides is 1. The van der Waals surface area contributed by atoms with Gasteiger partial charge >= 0.3 is 0 Å². The number of nitrogens with one attached hydrogen (secondary N) is 2. The number of amides is 1. The molecule has 2 N–H and O–H groups in total. The summed E-state index contributed by atoms with van der Waals surface area (Å²) in [6.07, 6.45) is 1.74. The molecule has 8 heteroatoms. The van der Waals surface area contributed by atoms with Crippen LogP contribution in [-0.2, 0) is 19.6 Å². The molecule has 1 amide bonds. The summed E-state index contributed by atoms with van der Waals surface area (Å²) in [6.45, 7) is 0.868. The van der Waals surface area contributed by atoms with Gasteiger partial charge in [0.2, 0.25) is 10.0 Å². The van der Waals surface area contributed by atoms with E-state index >= 15 is 0 Å². The maximum Gasteiger partial charge on any atom is 0.262 e. The minimum atomic E-state index is -3.64. The van der Waals surface area contributed by atoms with Crippen LogP contribution in [0.4, 0.5) is 5.69 Å². The first-order valence-corrected chi connectivity index (χ1v) is 8.21. The summed E-state index contributed by atoms with van der Waals surface area (Å²) in [7, 11) is -3.64. The summed E-state index contributed by atoms with van der Waals surface area (Å²) >= 11 is 0. The highest BCUT2D eigenvalue weighted by atomic mass is 32.2. The van der Waals surface area contributed by atoms with E-state index < -0.39 is 10.0 Å². The van der Waals surface area contributed by atoms with Gasteiger partial charge in [-0.05, 0) is 31.0 Å². The Balaban J connectivity index is 1.75. The molecule has 1 aromatic carbocycles. The zero-order chi connectivity index (χ0) is 14.9. The van der Waals surface area contributed by atoms with E-state index in [1.807, 2.05) is 0 Å². The number of hydrogen-bond donors (Lipinski definition) is 2. The monoisotopic (exact) mass is 312 g/mol. The first-order valence-electron chi connectivity index (χ1n) is 6.72. The highest BCUT2D eigenvalue weighted by molar-refractivity contribution is 7.89. The van der Waals surface area contributed by atoms with Crippen LogP contribution < -0.4 is 14.8 Å². The molecule has 7 nitrogen and oxygen atoms in total. The number of fused-ring (bicyclic) bond motifs is 1. The van der Waals surface area contributed by atoms with Crippen molar-refractivity contribution in [3.8, 4) is 5.75 Å². The molecule has 0 aliphatic carbocycles. The maximum atomic E-state index is 12.2. The number of carbonyl (C=O) groups is 1. The highest BCUT2D eigenvalue weighted by Gasteiger charge is 2.23. The van der Waals surface area contributed by atoms with Gasteiger partial charge in [0.1, 0.15) is 5.75 Å². The number of ether oxygens (including phenoxy) is 2. The van der Waals surface area contributed by atoms with Gasteiger partial charge in [0.15, 0.2) is 6.61 Å². The van der Waals surface area contributed by atoms with Gasteiger partial charge < -0.3 is 14.8 Å². The molecule has 2 heterocycles. The summed E-state index contributed by atoms with van der Waals surface area (Å²) in [5.41, 5.74) is 0.367. The molecule has 114 valence electrons. The fraction of sp³-hybridized carbons (Fsp3) is 0.462. The molecule has 3 rings (SSSR count). The standard InChI is InChI=1S/C13H16N2O5S/c16-13-8-20-12-4-3-10(6-11(12)15-13)21(17,18)14-7-9-2-1-5-19-9/h3-4,6,9,14H,1-2,5,7-8H2,(H,15,16). The molecule has 1 unspecified atom stereocenters. The van der Waals surface area contributed by atoms with E-state index in [1.165, 1.54) is 18.2 Å². The van der Waals surface area contributed by atoms with E-state index in [4.69, 9.17) is 9.47 Å². The first-order chi connectivity index (χ1) is 10.0. The van der Waals surface area contributed by atoms with E-state index in [9.17, 15) is 13.2 Å². The summed E-state index contributed by atoms with van der Waals surface area (Å²) in [5.74, 6) is 0.164. The van der Waals surface area contributed by atoms with E-state index in [-0.39, 0.29) is 30.1 Å². The number of carbonyl (C=O) groups excluding carboxylic acids is 1. The second kappa shape index (κ2) is 5.63. The van der Waals surface area contributed by atoms with E-state index in [0.29, 0.717) is 18.0 Å². The SMILES string of the molecule is O=C1COc2ccc(S(=O)(=O)NCC3CCCO3)cc2N1. The predicted octanol–water partition coefficient (Wildman–Crippen LogP) is 0.475. The van der Waals surface area contributed by atoms with E-state index in [0.717, 1.165) is 12.8 Å². The smallest absolute Gasteiger partial charge is 0.262 e. The average molecular weight is 312 g/mol. The van der Waals surface area contributed by atoms with Gasteiger partial charge in [0.25, 0.3) is 5.91 Å². The molecule has 21 heavy (non-hydrogen) atoms. The fourth-order valence-corrected chi connectivity index (χ4v) is 3.41. The van der Waals surface area contributed by atoms with Crippen molar-refractivity contribution in [3.05, 3.63) is 18.2 Å². The maximum absolute atomic E-state index is 12.2. The zero-order valence-electron chi connectivity index (χ0n) is 11.3. The third-order valence-electron chi connectivity index (χ3n) is 3.42. The number of benzene rings is 1. The Hall–Kier alpha value is -1.64. The zero-order valence-corrected chi connectivity index (χ0v) is 12.1. The molecule has 0 radical (unpaired) electrons. The summed E-state index contributed by atoms with van der Waals surface area (Å²) in [5, 5.41) is 2.59. The Morgan fingerprint density at radius 2 is 2.24 bits per heavy atom.